The molecule has 3 heterocycles. The van der Waals surface area contributed by atoms with Gasteiger partial charge in [-0.2, -0.15) is 5.10 Å². The van der Waals surface area contributed by atoms with Crippen LogP contribution < -0.4 is 21.3 Å². The molecule has 0 aliphatic carbocycles. The highest BCUT2D eigenvalue weighted by Gasteiger charge is 2.20. The zero-order valence-electron chi connectivity index (χ0n) is 21.5. The van der Waals surface area contributed by atoms with Crippen LogP contribution in [0, 0.1) is 0 Å². The van der Waals surface area contributed by atoms with Crippen molar-refractivity contribution in [1.82, 2.24) is 24.8 Å². The zero-order valence-corrected chi connectivity index (χ0v) is 22.3. The molecular weight excluding hydrogens is 516 g/mol. The van der Waals surface area contributed by atoms with E-state index in [2.05, 4.69) is 30.5 Å². The third kappa shape index (κ3) is 6.36. The molecule has 5 rings (SSSR count). The summed E-state index contributed by atoms with van der Waals surface area (Å²) in [5.74, 6) is -0.415. The summed E-state index contributed by atoms with van der Waals surface area (Å²) in [7, 11) is 0. The van der Waals surface area contributed by atoms with Crippen LogP contribution >= 0.6 is 11.6 Å². The smallest absolute Gasteiger partial charge is 0.274 e. The van der Waals surface area contributed by atoms with Gasteiger partial charge in [0.1, 0.15) is 5.69 Å². The van der Waals surface area contributed by atoms with Gasteiger partial charge >= 0.3 is 0 Å². The maximum absolute atomic E-state index is 13.3. The van der Waals surface area contributed by atoms with Crippen molar-refractivity contribution in [3.05, 3.63) is 77.7 Å². The first kappa shape index (κ1) is 26.6. The summed E-state index contributed by atoms with van der Waals surface area (Å²) >= 11 is 6.18. The van der Waals surface area contributed by atoms with Crippen LogP contribution in [0.25, 0.3) is 16.8 Å². The second kappa shape index (κ2) is 12.2. The monoisotopic (exact) mass is 546 g/mol. The lowest BCUT2D eigenvalue weighted by Crippen LogP contribution is -2.47. The topological polar surface area (TPSA) is 121 Å². The third-order valence-electron chi connectivity index (χ3n) is 6.76. The molecular formula is C28H31ClN8O2. The molecule has 0 radical (unpaired) electrons. The number of rotatable bonds is 9. The summed E-state index contributed by atoms with van der Waals surface area (Å²) in [6, 6.07) is 17.0. The average molecular weight is 547 g/mol. The van der Waals surface area contributed by atoms with Crippen LogP contribution in [0.4, 0.5) is 11.4 Å². The van der Waals surface area contributed by atoms with E-state index in [-0.39, 0.29) is 18.4 Å². The van der Waals surface area contributed by atoms with E-state index in [1.807, 2.05) is 48.5 Å². The fourth-order valence-corrected chi connectivity index (χ4v) is 4.90. The fourth-order valence-electron chi connectivity index (χ4n) is 4.71. The molecule has 1 aliphatic rings. The van der Waals surface area contributed by atoms with Gasteiger partial charge in [0.25, 0.3) is 5.91 Å². The predicted octanol–water partition coefficient (Wildman–Crippen LogP) is 2.89. The Bertz CT molecular complexity index is 1460. The van der Waals surface area contributed by atoms with Crippen LogP contribution in [0.15, 0.2) is 67.0 Å². The van der Waals surface area contributed by atoms with Crippen LogP contribution in [-0.4, -0.2) is 77.1 Å². The number of para-hydroxylation sites is 2. The first-order chi connectivity index (χ1) is 19.0. The van der Waals surface area contributed by atoms with Gasteiger partial charge in [-0.3, -0.25) is 14.5 Å². The van der Waals surface area contributed by atoms with Crippen molar-refractivity contribution in [3.8, 4) is 11.1 Å². The second-order valence-corrected chi connectivity index (χ2v) is 9.79. The summed E-state index contributed by atoms with van der Waals surface area (Å²) in [6.07, 6.45) is 4.34. The molecule has 0 unspecified atom stereocenters. The number of carbonyl (C=O) groups excluding carboxylic acids is 2. The van der Waals surface area contributed by atoms with E-state index in [4.69, 9.17) is 17.3 Å². The van der Waals surface area contributed by atoms with Gasteiger partial charge in [0.2, 0.25) is 5.91 Å². The van der Waals surface area contributed by atoms with Crippen LogP contribution in [0.1, 0.15) is 16.9 Å². The SMILES string of the molecule is NCC(=O)NCCCN1CCN(c2ccccc2NC(=O)c2ccn3ncc(-c4cccc(Cl)c4)c3n2)CC1. The molecule has 1 fully saturated rings. The van der Waals surface area contributed by atoms with Gasteiger partial charge in [-0.25, -0.2) is 9.50 Å². The summed E-state index contributed by atoms with van der Waals surface area (Å²) in [6.45, 7) is 5.04. The average Bonchev–Trinajstić information content (AvgIpc) is 3.39. The van der Waals surface area contributed by atoms with Crippen LogP contribution in [0.5, 0.6) is 0 Å². The molecule has 4 N–H and O–H groups in total. The summed E-state index contributed by atoms with van der Waals surface area (Å²) in [4.78, 5) is 33.9. The molecule has 4 aromatic rings. The second-order valence-electron chi connectivity index (χ2n) is 9.36. The van der Waals surface area contributed by atoms with Gasteiger partial charge < -0.3 is 21.3 Å². The predicted molar refractivity (Wildman–Crippen MR) is 153 cm³/mol. The Morgan fingerprint density at radius 2 is 1.85 bits per heavy atom. The molecule has 2 amide bonds. The minimum Gasteiger partial charge on any atom is -0.367 e. The van der Waals surface area contributed by atoms with Gasteiger partial charge in [0, 0.05) is 49.5 Å². The van der Waals surface area contributed by atoms with Crippen molar-refractivity contribution >= 4 is 40.4 Å². The molecule has 2 aromatic carbocycles. The van der Waals surface area contributed by atoms with E-state index in [0.717, 1.165) is 61.6 Å². The number of nitrogens with zero attached hydrogens (tertiary/aromatic N) is 5. The largest absolute Gasteiger partial charge is 0.367 e. The van der Waals surface area contributed by atoms with Crippen LogP contribution in [0.3, 0.4) is 0 Å². The molecule has 0 bridgehead atoms. The van der Waals surface area contributed by atoms with Gasteiger partial charge in [0.05, 0.1) is 24.1 Å². The summed E-state index contributed by atoms with van der Waals surface area (Å²) < 4.78 is 1.65. The highest BCUT2D eigenvalue weighted by molar-refractivity contribution is 6.30. The molecule has 0 saturated carbocycles. The fraction of sp³-hybridized carbons (Fsp3) is 0.286. The molecule has 10 nitrogen and oxygen atoms in total. The molecule has 2 aromatic heterocycles. The quantitative estimate of drug-likeness (QED) is 0.276. The number of amides is 2. The maximum Gasteiger partial charge on any atom is 0.274 e. The van der Waals surface area contributed by atoms with Crippen molar-refractivity contribution in [2.45, 2.75) is 6.42 Å². The molecule has 1 aliphatic heterocycles. The van der Waals surface area contributed by atoms with Crippen molar-refractivity contribution in [2.24, 2.45) is 5.73 Å². The van der Waals surface area contributed by atoms with E-state index in [9.17, 15) is 9.59 Å². The molecule has 1 saturated heterocycles. The number of nitrogens with one attached hydrogen (secondary N) is 2. The number of piperazine rings is 1. The molecule has 202 valence electrons. The van der Waals surface area contributed by atoms with E-state index >= 15 is 0 Å². The summed E-state index contributed by atoms with van der Waals surface area (Å²) in [5.41, 5.74) is 9.61. The number of aromatic nitrogens is 3. The first-order valence-corrected chi connectivity index (χ1v) is 13.3. The maximum atomic E-state index is 13.3. The van der Waals surface area contributed by atoms with Gasteiger partial charge in [0.15, 0.2) is 5.65 Å². The standard InChI is InChI=1S/C28H31ClN8O2/c29-21-6-3-5-20(17-21)22-19-32-37-12-9-24(33-27(22)37)28(39)34-23-7-1-2-8-25(23)36-15-13-35(14-16-36)11-4-10-31-26(38)18-30/h1-3,5-9,12,17,19H,4,10-11,13-16,18,30H2,(H,31,38)(H,34,39). The summed E-state index contributed by atoms with van der Waals surface area (Å²) in [5, 5.41) is 10.9. The first-order valence-electron chi connectivity index (χ1n) is 13.0. The lowest BCUT2D eigenvalue weighted by molar-refractivity contribution is -0.119. The number of halogens is 1. The van der Waals surface area contributed by atoms with Crippen molar-refractivity contribution in [3.63, 3.8) is 0 Å². The number of fused-ring (bicyclic) bond motifs is 1. The van der Waals surface area contributed by atoms with Crippen LogP contribution in [-0.2, 0) is 4.79 Å². The number of benzene rings is 2. The number of hydrogen-bond donors (Lipinski definition) is 3. The third-order valence-corrected chi connectivity index (χ3v) is 7.00. The molecule has 39 heavy (non-hydrogen) atoms. The Hall–Kier alpha value is -3.99. The van der Waals surface area contributed by atoms with E-state index in [0.29, 0.717) is 22.9 Å². The normalized spacial score (nSPS) is 13.9. The Balaban J connectivity index is 1.24. The number of nitrogens with two attached hydrogens (primary N) is 1. The highest BCUT2D eigenvalue weighted by Crippen LogP contribution is 2.28. The van der Waals surface area contributed by atoms with Crippen molar-refractivity contribution < 1.29 is 9.59 Å². The van der Waals surface area contributed by atoms with E-state index in [1.165, 1.54) is 0 Å². The zero-order chi connectivity index (χ0) is 27.2. The number of hydrogen-bond acceptors (Lipinski definition) is 7. The van der Waals surface area contributed by atoms with Gasteiger partial charge in [-0.05, 0) is 48.9 Å². The molecule has 11 heteroatoms. The van der Waals surface area contributed by atoms with E-state index in [1.54, 1.807) is 23.0 Å². The van der Waals surface area contributed by atoms with Gasteiger partial charge in [-0.15, -0.1) is 0 Å². The molecule has 0 spiro atoms. The Morgan fingerprint density at radius 1 is 1.03 bits per heavy atom. The lowest BCUT2D eigenvalue weighted by atomic mass is 10.1. The Labute approximate surface area is 231 Å². The van der Waals surface area contributed by atoms with Crippen molar-refractivity contribution in [1.29, 1.82) is 0 Å². The number of carbonyl (C=O) groups is 2. The Kier molecular flexibility index (Phi) is 8.36. The minimum atomic E-state index is -0.290. The Morgan fingerprint density at radius 3 is 2.64 bits per heavy atom. The van der Waals surface area contributed by atoms with Gasteiger partial charge in [-0.1, -0.05) is 35.9 Å². The highest BCUT2D eigenvalue weighted by atomic mass is 35.5. The lowest BCUT2D eigenvalue weighted by Gasteiger charge is -2.37. The van der Waals surface area contributed by atoms with Crippen molar-refractivity contribution in [2.75, 3.05) is 56.0 Å². The van der Waals surface area contributed by atoms with E-state index < -0.39 is 0 Å². The van der Waals surface area contributed by atoms with Crippen LogP contribution in [0.2, 0.25) is 5.02 Å². The number of anilines is 2. The molecule has 0 atom stereocenters. The minimum absolute atomic E-state index is 0.0209.